The van der Waals surface area contributed by atoms with Crippen LogP contribution in [0.2, 0.25) is 5.02 Å². The molecule has 0 aliphatic heterocycles. The summed E-state index contributed by atoms with van der Waals surface area (Å²) < 4.78 is 5.11. The van der Waals surface area contributed by atoms with Crippen molar-refractivity contribution < 1.29 is 4.74 Å². The summed E-state index contributed by atoms with van der Waals surface area (Å²) in [5.74, 6) is 0.791. The van der Waals surface area contributed by atoms with E-state index in [0.717, 1.165) is 11.4 Å². The zero-order valence-electron chi connectivity index (χ0n) is 6.60. The van der Waals surface area contributed by atoms with Crippen molar-refractivity contribution >= 4 is 33.2 Å². The molecule has 0 heterocycles. The predicted octanol–water partition coefficient (Wildman–Crippen LogP) is 3.11. The number of nitrogens with one attached hydrogen (secondary N) is 1. The summed E-state index contributed by atoms with van der Waals surface area (Å²) in [6.45, 7) is 0. The van der Waals surface area contributed by atoms with E-state index in [1.54, 1.807) is 13.2 Å². The van der Waals surface area contributed by atoms with E-state index in [-0.39, 0.29) is 0 Å². The fourth-order valence-electron chi connectivity index (χ4n) is 0.890. The van der Waals surface area contributed by atoms with Crippen molar-refractivity contribution in [2.24, 2.45) is 0 Å². The molecule has 2 nitrogen and oxygen atoms in total. The predicted molar refractivity (Wildman–Crippen MR) is 55.4 cm³/mol. The Morgan fingerprint density at radius 1 is 1.58 bits per heavy atom. The number of anilines is 1. The smallest absolute Gasteiger partial charge is 0.142 e. The van der Waals surface area contributed by atoms with Gasteiger partial charge in [0.25, 0.3) is 0 Å². The van der Waals surface area contributed by atoms with Crippen LogP contribution in [0.15, 0.2) is 18.2 Å². The summed E-state index contributed by atoms with van der Waals surface area (Å²) in [6, 6.07) is 5.44. The lowest BCUT2D eigenvalue weighted by atomic mass is 10.3. The lowest BCUT2D eigenvalue weighted by molar-refractivity contribution is 0.416. The number of hydrogen-bond acceptors (Lipinski definition) is 2. The van der Waals surface area contributed by atoms with Gasteiger partial charge in [0.05, 0.1) is 18.3 Å². The van der Waals surface area contributed by atoms with E-state index in [4.69, 9.17) is 16.3 Å². The minimum absolute atomic E-state index is 0.670. The lowest BCUT2D eigenvalue weighted by Crippen LogP contribution is -1.96. The molecule has 0 aromatic heterocycles. The third-order valence-corrected chi connectivity index (χ3v) is 1.93. The van der Waals surface area contributed by atoms with E-state index < -0.39 is 0 Å². The summed E-state index contributed by atoms with van der Waals surface area (Å²) in [5, 5.41) is 3.77. The van der Waals surface area contributed by atoms with Gasteiger partial charge < -0.3 is 10.1 Å². The first-order valence-corrected chi connectivity index (χ1v) is 4.91. The summed E-state index contributed by atoms with van der Waals surface area (Å²) in [4.78, 5) is 0. The van der Waals surface area contributed by atoms with Gasteiger partial charge in [-0.05, 0) is 18.2 Å². The highest BCUT2D eigenvalue weighted by Gasteiger charge is 2.01. The molecule has 0 saturated carbocycles. The number of hydrogen-bond donors (Lipinski definition) is 1. The second-order valence-corrected chi connectivity index (χ2v) is 3.15. The van der Waals surface area contributed by atoms with Gasteiger partial charge in [0, 0.05) is 5.02 Å². The molecule has 1 N–H and O–H groups in total. The molecule has 0 amide bonds. The van der Waals surface area contributed by atoms with Gasteiger partial charge in [0.2, 0.25) is 0 Å². The quantitative estimate of drug-likeness (QED) is 0.657. The second kappa shape index (κ2) is 4.58. The normalized spacial score (nSPS) is 9.58. The van der Waals surface area contributed by atoms with Crippen molar-refractivity contribution in [2.45, 2.75) is 0 Å². The highest BCUT2D eigenvalue weighted by molar-refractivity contribution is 9.09. The van der Waals surface area contributed by atoms with Gasteiger partial charge in [-0.25, -0.2) is 0 Å². The van der Waals surface area contributed by atoms with Crippen LogP contribution in [0.5, 0.6) is 5.75 Å². The molecule has 1 aromatic rings. The van der Waals surface area contributed by atoms with Gasteiger partial charge in [-0.2, -0.15) is 0 Å². The maximum absolute atomic E-state index is 5.80. The molecule has 66 valence electrons. The van der Waals surface area contributed by atoms with Crippen molar-refractivity contribution in [1.29, 1.82) is 0 Å². The molecule has 4 heteroatoms. The third kappa shape index (κ3) is 2.29. The molecular formula is C8H9BrClNO. The molecule has 0 atom stereocenters. The SMILES string of the molecule is COc1ccc(Cl)cc1NCBr. The van der Waals surface area contributed by atoms with E-state index in [0.29, 0.717) is 10.5 Å². The molecule has 0 bridgehead atoms. The van der Waals surface area contributed by atoms with Crippen molar-refractivity contribution in [3.8, 4) is 5.75 Å². The number of rotatable bonds is 3. The van der Waals surface area contributed by atoms with Gasteiger partial charge in [-0.15, -0.1) is 0 Å². The van der Waals surface area contributed by atoms with Gasteiger partial charge in [-0.1, -0.05) is 27.5 Å². The number of alkyl halides is 1. The molecule has 0 spiro atoms. The van der Waals surface area contributed by atoms with E-state index in [9.17, 15) is 0 Å². The van der Waals surface area contributed by atoms with E-state index in [1.807, 2.05) is 12.1 Å². The monoisotopic (exact) mass is 249 g/mol. The standard InChI is InChI=1S/C8H9BrClNO/c1-12-8-3-2-6(10)4-7(8)11-5-9/h2-4,11H,5H2,1H3. The summed E-state index contributed by atoms with van der Waals surface area (Å²) >= 11 is 9.06. The average molecular weight is 251 g/mol. The summed E-state index contributed by atoms with van der Waals surface area (Å²) in [5.41, 5.74) is 1.56. The van der Waals surface area contributed by atoms with Crippen LogP contribution < -0.4 is 10.1 Å². The molecule has 0 radical (unpaired) electrons. The van der Waals surface area contributed by atoms with Crippen LogP contribution in [-0.4, -0.2) is 12.6 Å². The minimum atomic E-state index is 0.670. The molecule has 0 saturated heterocycles. The van der Waals surface area contributed by atoms with E-state index in [1.165, 1.54) is 0 Å². The van der Waals surface area contributed by atoms with Crippen molar-refractivity contribution in [1.82, 2.24) is 0 Å². The number of benzene rings is 1. The van der Waals surface area contributed by atoms with Crippen molar-refractivity contribution in [3.63, 3.8) is 0 Å². The first kappa shape index (κ1) is 9.68. The molecule has 0 unspecified atom stereocenters. The second-order valence-electron chi connectivity index (χ2n) is 2.16. The van der Waals surface area contributed by atoms with Crippen LogP contribution in [0.4, 0.5) is 5.69 Å². The minimum Gasteiger partial charge on any atom is -0.495 e. The zero-order chi connectivity index (χ0) is 8.97. The molecule has 0 aliphatic carbocycles. The Labute approximate surface area is 85.0 Å². The number of ether oxygens (including phenoxy) is 1. The van der Waals surface area contributed by atoms with E-state index in [2.05, 4.69) is 21.2 Å². The van der Waals surface area contributed by atoms with Gasteiger partial charge in [0.15, 0.2) is 0 Å². The van der Waals surface area contributed by atoms with Crippen LogP contribution in [0.1, 0.15) is 0 Å². The van der Waals surface area contributed by atoms with Gasteiger partial charge in [0.1, 0.15) is 5.75 Å². The average Bonchev–Trinajstić information content (AvgIpc) is 2.05. The fraction of sp³-hybridized carbons (Fsp3) is 0.250. The third-order valence-electron chi connectivity index (χ3n) is 1.42. The Kier molecular flexibility index (Phi) is 3.69. The highest BCUT2D eigenvalue weighted by Crippen LogP contribution is 2.27. The van der Waals surface area contributed by atoms with Crippen LogP contribution in [0, 0.1) is 0 Å². The Bertz CT molecular complexity index is 267. The molecule has 1 aromatic carbocycles. The Hall–Kier alpha value is -0.410. The Morgan fingerprint density at radius 2 is 2.33 bits per heavy atom. The molecule has 12 heavy (non-hydrogen) atoms. The van der Waals surface area contributed by atoms with Gasteiger partial charge in [-0.3, -0.25) is 0 Å². The van der Waals surface area contributed by atoms with Crippen LogP contribution in [0.3, 0.4) is 0 Å². The maximum atomic E-state index is 5.80. The fourth-order valence-corrected chi connectivity index (χ4v) is 1.36. The molecule has 0 fully saturated rings. The van der Waals surface area contributed by atoms with Crippen molar-refractivity contribution in [3.05, 3.63) is 23.2 Å². The highest BCUT2D eigenvalue weighted by atomic mass is 79.9. The number of halogens is 2. The van der Waals surface area contributed by atoms with Crippen LogP contribution >= 0.6 is 27.5 Å². The first-order chi connectivity index (χ1) is 5.77. The topological polar surface area (TPSA) is 21.3 Å². The molecule has 0 aliphatic rings. The molecular weight excluding hydrogens is 241 g/mol. The first-order valence-electron chi connectivity index (χ1n) is 3.41. The summed E-state index contributed by atoms with van der Waals surface area (Å²) in [7, 11) is 1.63. The van der Waals surface area contributed by atoms with Gasteiger partial charge >= 0.3 is 0 Å². The summed E-state index contributed by atoms with van der Waals surface area (Å²) in [6.07, 6.45) is 0. The van der Waals surface area contributed by atoms with Crippen LogP contribution in [0.25, 0.3) is 0 Å². The molecule has 1 rings (SSSR count). The Balaban J connectivity index is 2.95. The Morgan fingerprint density at radius 3 is 2.92 bits per heavy atom. The van der Waals surface area contributed by atoms with E-state index >= 15 is 0 Å². The largest absolute Gasteiger partial charge is 0.495 e. The van der Waals surface area contributed by atoms with Crippen LogP contribution in [-0.2, 0) is 0 Å². The number of methoxy groups -OCH3 is 1. The zero-order valence-corrected chi connectivity index (χ0v) is 8.95. The maximum Gasteiger partial charge on any atom is 0.142 e. The lowest BCUT2D eigenvalue weighted by Gasteiger charge is -2.08. The van der Waals surface area contributed by atoms with Crippen molar-refractivity contribution in [2.75, 3.05) is 17.9 Å².